The van der Waals surface area contributed by atoms with Gasteiger partial charge in [-0.25, -0.2) is 0 Å². The van der Waals surface area contributed by atoms with Crippen molar-refractivity contribution in [1.29, 1.82) is 0 Å². The van der Waals surface area contributed by atoms with Gasteiger partial charge in [0.05, 0.1) is 12.0 Å². The summed E-state index contributed by atoms with van der Waals surface area (Å²) in [6.07, 6.45) is 2.19. The monoisotopic (exact) mass is 406 g/mol. The zero-order valence-corrected chi connectivity index (χ0v) is 16.7. The zero-order valence-electron chi connectivity index (χ0n) is 15.9. The minimum atomic E-state index is -0.532. The van der Waals surface area contributed by atoms with Gasteiger partial charge in [0.25, 0.3) is 5.91 Å². The van der Waals surface area contributed by atoms with Crippen LogP contribution < -0.4 is 10.2 Å². The summed E-state index contributed by atoms with van der Waals surface area (Å²) in [6.45, 7) is 0.546. The summed E-state index contributed by atoms with van der Waals surface area (Å²) in [4.78, 5) is 27.7. The molecular formula is C23H22N2O3S. The minimum Gasteiger partial charge on any atom is -0.468 e. The second-order valence-electron chi connectivity index (χ2n) is 6.81. The van der Waals surface area contributed by atoms with Crippen LogP contribution in [0.25, 0.3) is 0 Å². The lowest BCUT2D eigenvalue weighted by atomic mass is 10.1. The summed E-state index contributed by atoms with van der Waals surface area (Å²) in [7, 11) is 0. The van der Waals surface area contributed by atoms with Crippen LogP contribution in [-0.2, 0) is 17.0 Å². The van der Waals surface area contributed by atoms with E-state index in [0.29, 0.717) is 18.5 Å². The molecule has 29 heavy (non-hydrogen) atoms. The number of carbonyl (C=O) groups is 2. The number of hydrogen-bond acceptors (Lipinski definition) is 4. The molecule has 4 rings (SSSR count). The quantitative estimate of drug-likeness (QED) is 0.605. The third-order valence-electron chi connectivity index (χ3n) is 4.89. The highest BCUT2D eigenvalue weighted by atomic mass is 32.2. The number of nitrogens with zero attached hydrogens (tertiary/aromatic N) is 1. The van der Waals surface area contributed by atoms with E-state index >= 15 is 0 Å². The van der Waals surface area contributed by atoms with E-state index in [2.05, 4.69) is 5.32 Å². The van der Waals surface area contributed by atoms with Crippen LogP contribution >= 0.6 is 11.8 Å². The Kier molecular flexibility index (Phi) is 6.00. The van der Waals surface area contributed by atoms with Gasteiger partial charge in [0.2, 0.25) is 5.91 Å². The van der Waals surface area contributed by atoms with Crippen molar-refractivity contribution >= 4 is 29.3 Å². The highest BCUT2D eigenvalue weighted by Crippen LogP contribution is 2.33. The van der Waals surface area contributed by atoms with E-state index in [1.807, 2.05) is 54.6 Å². The molecule has 1 N–H and O–H groups in total. The summed E-state index contributed by atoms with van der Waals surface area (Å²) in [5, 5.41) is 2.99. The summed E-state index contributed by atoms with van der Waals surface area (Å²) >= 11 is 1.70. The van der Waals surface area contributed by atoms with E-state index in [0.717, 1.165) is 28.5 Å². The fourth-order valence-corrected chi connectivity index (χ4v) is 4.25. The Hall–Kier alpha value is -2.99. The molecule has 1 aromatic heterocycles. The van der Waals surface area contributed by atoms with Gasteiger partial charge in [0.15, 0.2) is 0 Å². The average molecular weight is 407 g/mol. The van der Waals surface area contributed by atoms with Crippen molar-refractivity contribution in [3.63, 3.8) is 0 Å². The van der Waals surface area contributed by atoms with E-state index in [9.17, 15) is 9.59 Å². The highest BCUT2D eigenvalue weighted by molar-refractivity contribution is 7.98. The Balaban J connectivity index is 1.41. The number of para-hydroxylation sites is 1. The molecule has 2 amide bonds. The van der Waals surface area contributed by atoms with Gasteiger partial charge < -0.3 is 9.73 Å². The second kappa shape index (κ2) is 9.01. The SMILES string of the molecule is O=C(NCCSCc1ccco1)[C@H]1Cc2ccccc2N1C(=O)c1ccccc1. The largest absolute Gasteiger partial charge is 0.468 e. The van der Waals surface area contributed by atoms with Crippen LogP contribution in [0.3, 0.4) is 0 Å². The van der Waals surface area contributed by atoms with Gasteiger partial charge in [-0.2, -0.15) is 11.8 Å². The standard InChI is InChI=1S/C23H22N2O3S/c26-22(24-12-14-29-16-19-10-6-13-28-19)21-15-18-9-4-5-11-20(18)25(21)23(27)17-7-2-1-3-8-17/h1-11,13,21H,12,14-16H2,(H,24,26)/t21-/m1/s1. The number of fused-ring (bicyclic) bond motifs is 1. The summed E-state index contributed by atoms with van der Waals surface area (Å²) in [6, 6.07) is 20.1. The number of rotatable bonds is 7. The Morgan fingerprint density at radius 1 is 1.03 bits per heavy atom. The van der Waals surface area contributed by atoms with Crippen LogP contribution in [0, 0.1) is 0 Å². The number of carbonyl (C=O) groups excluding carboxylic acids is 2. The van der Waals surface area contributed by atoms with Gasteiger partial charge in [-0.05, 0) is 35.9 Å². The van der Waals surface area contributed by atoms with Gasteiger partial charge in [-0.15, -0.1) is 0 Å². The normalized spacial score (nSPS) is 15.2. The van der Waals surface area contributed by atoms with Crippen LogP contribution in [0.4, 0.5) is 5.69 Å². The molecule has 1 aliphatic rings. The first-order chi connectivity index (χ1) is 14.2. The topological polar surface area (TPSA) is 62.6 Å². The maximum atomic E-state index is 13.2. The molecule has 0 spiro atoms. The molecular weight excluding hydrogens is 384 g/mol. The van der Waals surface area contributed by atoms with E-state index in [4.69, 9.17) is 4.42 Å². The summed E-state index contributed by atoms with van der Waals surface area (Å²) < 4.78 is 5.31. The molecule has 0 bridgehead atoms. The lowest BCUT2D eigenvalue weighted by Gasteiger charge is -2.25. The van der Waals surface area contributed by atoms with Crippen molar-refractivity contribution in [3.8, 4) is 0 Å². The first-order valence-corrected chi connectivity index (χ1v) is 10.7. The molecule has 2 heterocycles. The first kappa shape index (κ1) is 19.3. The van der Waals surface area contributed by atoms with Crippen molar-refractivity contribution in [2.24, 2.45) is 0 Å². The lowest BCUT2D eigenvalue weighted by molar-refractivity contribution is -0.122. The fourth-order valence-electron chi connectivity index (χ4n) is 3.50. The number of anilines is 1. The molecule has 0 radical (unpaired) electrons. The molecule has 0 fully saturated rings. The predicted octanol–water partition coefficient (Wildman–Crippen LogP) is 3.90. The average Bonchev–Trinajstić information content (AvgIpc) is 3.41. The third kappa shape index (κ3) is 4.38. The molecule has 1 atom stereocenters. The van der Waals surface area contributed by atoms with Crippen molar-refractivity contribution in [1.82, 2.24) is 5.32 Å². The number of thioether (sulfide) groups is 1. The van der Waals surface area contributed by atoms with Crippen LogP contribution in [0.1, 0.15) is 21.7 Å². The van der Waals surface area contributed by atoms with Gasteiger partial charge >= 0.3 is 0 Å². The van der Waals surface area contributed by atoms with Crippen molar-refractivity contribution in [2.75, 3.05) is 17.2 Å². The van der Waals surface area contributed by atoms with E-state index in [-0.39, 0.29) is 11.8 Å². The van der Waals surface area contributed by atoms with Crippen molar-refractivity contribution in [2.45, 2.75) is 18.2 Å². The van der Waals surface area contributed by atoms with E-state index in [1.165, 1.54) is 0 Å². The van der Waals surface area contributed by atoms with Crippen molar-refractivity contribution in [3.05, 3.63) is 89.9 Å². The van der Waals surface area contributed by atoms with Crippen LogP contribution in [0.2, 0.25) is 0 Å². The third-order valence-corrected chi connectivity index (χ3v) is 5.87. The molecule has 0 aliphatic carbocycles. The summed E-state index contributed by atoms with van der Waals surface area (Å²) in [5.74, 6) is 2.20. The highest BCUT2D eigenvalue weighted by Gasteiger charge is 2.38. The maximum Gasteiger partial charge on any atom is 0.259 e. The number of nitrogens with one attached hydrogen (secondary N) is 1. The van der Waals surface area contributed by atoms with E-state index in [1.54, 1.807) is 35.1 Å². The molecule has 6 heteroatoms. The Morgan fingerprint density at radius 2 is 1.83 bits per heavy atom. The van der Waals surface area contributed by atoms with Crippen LogP contribution in [-0.4, -0.2) is 30.2 Å². The molecule has 3 aromatic rings. The fraction of sp³-hybridized carbons (Fsp3) is 0.217. The molecule has 0 unspecified atom stereocenters. The zero-order chi connectivity index (χ0) is 20.1. The number of amides is 2. The van der Waals surface area contributed by atoms with Gasteiger partial charge in [-0.1, -0.05) is 36.4 Å². The van der Waals surface area contributed by atoms with Gasteiger partial charge in [0, 0.05) is 30.0 Å². The maximum absolute atomic E-state index is 13.2. The summed E-state index contributed by atoms with van der Waals surface area (Å²) in [5.41, 5.74) is 2.41. The minimum absolute atomic E-state index is 0.121. The molecule has 0 saturated carbocycles. The Morgan fingerprint density at radius 3 is 2.62 bits per heavy atom. The van der Waals surface area contributed by atoms with Gasteiger partial charge in [0.1, 0.15) is 11.8 Å². The Bertz CT molecular complexity index is 973. The van der Waals surface area contributed by atoms with Crippen LogP contribution in [0.5, 0.6) is 0 Å². The molecule has 0 saturated heterocycles. The lowest BCUT2D eigenvalue weighted by Crippen LogP contribution is -2.48. The molecule has 1 aliphatic heterocycles. The number of furan rings is 1. The molecule has 148 valence electrons. The van der Waals surface area contributed by atoms with Crippen molar-refractivity contribution < 1.29 is 14.0 Å². The van der Waals surface area contributed by atoms with Gasteiger partial charge in [-0.3, -0.25) is 14.5 Å². The molecule has 2 aromatic carbocycles. The second-order valence-corrected chi connectivity index (χ2v) is 7.92. The smallest absolute Gasteiger partial charge is 0.259 e. The van der Waals surface area contributed by atoms with E-state index < -0.39 is 6.04 Å². The van der Waals surface area contributed by atoms with Crippen LogP contribution in [0.15, 0.2) is 77.4 Å². The predicted molar refractivity (Wildman–Crippen MR) is 115 cm³/mol. The number of benzene rings is 2. The number of hydrogen-bond donors (Lipinski definition) is 1. The first-order valence-electron chi connectivity index (χ1n) is 9.58. The Labute approximate surface area is 174 Å². The molecule has 5 nitrogen and oxygen atoms in total.